The molecule has 0 fully saturated rings. The Morgan fingerprint density at radius 3 is 1.33 bits per heavy atom. The maximum atomic E-state index is 4.98. The van der Waals surface area contributed by atoms with Gasteiger partial charge in [0.1, 0.15) is 0 Å². The summed E-state index contributed by atoms with van der Waals surface area (Å²) in [5.41, 5.74) is 2.99. The molecule has 2 heteroatoms. The highest BCUT2D eigenvalue weighted by molar-refractivity contribution is 5.31. The molecule has 24 heavy (non-hydrogen) atoms. The number of hydrogen-bond donors (Lipinski definition) is 0. The first kappa shape index (κ1) is 23.1. The fourth-order valence-corrected chi connectivity index (χ4v) is 2.50. The highest BCUT2D eigenvalue weighted by atomic mass is 17.2. The molecule has 0 aliphatic carbocycles. The third-order valence-corrected chi connectivity index (χ3v) is 3.99. The van der Waals surface area contributed by atoms with Gasteiger partial charge in [-0.2, -0.15) is 0 Å². The van der Waals surface area contributed by atoms with Gasteiger partial charge in [0, 0.05) is 0 Å². The third-order valence-electron chi connectivity index (χ3n) is 3.99. The molecule has 0 aliphatic heterocycles. The molecule has 1 aromatic rings. The van der Waals surface area contributed by atoms with Crippen LogP contribution in [-0.2, 0) is 9.78 Å². The summed E-state index contributed by atoms with van der Waals surface area (Å²) in [6.07, 6.45) is 7.17. The Hall–Kier alpha value is -0.860. The Morgan fingerprint density at radius 1 is 0.667 bits per heavy atom. The molecule has 0 aromatic heterocycles. The monoisotopic (exact) mass is 336 g/mol. The van der Waals surface area contributed by atoms with E-state index in [1.807, 2.05) is 0 Å². The molecule has 0 amide bonds. The van der Waals surface area contributed by atoms with Crippen LogP contribution in [0.4, 0.5) is 0 Å². The topological polar surface area (TPSA) is 18.5 Å². The third kappa shape index (κ3) is 11.6. The Morgan fingerprint density at radius 2 is 1.04 bits per heavy atom. The van der Waals surface area contributed by atoms with Crippen molar-refractivity contribution in [3.8, 4) is 0 Å². The van der Waals surface area contributed by atoms with Gasteiger partial charge in [-0.15, -0.1) is 0 Å². The van der Waals surface area contributed by atoms with Gasteiger partial charge in [-0.3, -0.25) is 0 Å². The summed E-state index contributed by atoms with van der Waals surface area (Å²) < 4.78 is 0. The summed E-state index contributed by atoms with van der Waals surface area (Å²) in [4.78, 5) is 9.96. The smallest absolute Gasteiger partial charge is 0.0822 e. The van der Waals surface area contributed by atoms with Crippen molar-refractivity contribution in [2.45, 2.75) is 91.9 Å². The van der Waals surface area contributed by atoms with Crippen LogP contribution >= 0.6 is 0 Å². The molecule has 0 spiro atoms. The number of hydrogen-bond acceptors (Lipinski definition) is 2. The molecule has 0 unspecified atom stereocenters. The largest absolute Gasteiger partial charge is 0.237 e. The van der Waals surface area contributed by atoms with Crippen molar-refractivity contribution in [3.63, 3.8) is 0 Å². The van der Waals surface area contributed by atoms with Gasteiger partial charge in [-0.1, -0.05) is 91.5 Å². The molecule has 0 atom stereocenters. The van der Waals surface area contributed by atoms with Crippen molar-refractivity contribution in [3.05, 3.63) is 35.4 Å². The lowest BCUT2D eigenvalue weighted by Crippen LogP contribution is -1.98. The lowest BCUT2D eigenvalue weighted by Gasteiger charge is -2.14. The molecule has 1 rings (SSSR count). The van der Waals surface area contributed by atoms with E-state index in [9.17, 15) is 0 Å². The second-order valence-electron chi connectivity index (χ2n) is 7.00. The van der Waals surface area contributed by atoms with Crippen molar-refractivity contribution in [1.82, 2.24) is 0 Å². The summed E-state index contributed by atoms with van der Waals surface area (Å²) >= 11 is 0. The maximum absolute atomic E-state index is 4.98. The quantitative estimate of drug-likeness (QED) is 0.241. The SMILES string of the molecule is CC(C)c1ccccc1C(C)C.CCCCCOOCCCCC. The van der Waals surface area contributed by atoms with E-state index in [-0.39, 0.29) is 0 Å². The second kappa shape index (κ2) is 15.7. The van der Waals surface area contributed by atoms with Crippen LogP contribution < -0.4 is 0 Å². The van der Waals surface area contributed by atoms with Gasteiger partial charge < -0.3 is 0 Å². The van der Waals surface area contributed by atoms with Gasteiger partial charge in [0.15, 0.2) is 0 Å². The zero-order chi connectivity index (χ0) is 18.2. The Kier molecular flexibility index (Phi) is 15.1. The summed E-state index contributed by atoms with van der Waals surface area (Å²) in [6.45, 7) is 14.9. The second-order valence-corrected chi connectivity index (χ2v) is 7.00. The Labute approximate surface area is 150 Å². The highest BCUT2D eigenvalue weighted by Gasteiger charge is 2.07. The summed E-state index contributed by atoms with van der Waals surface area (Å²) in [7, 11) is 0. The van der Waals surface area contributed by atoms with Gasteiger partial charge >= 0.3 is 0 Å². The molecular formula is C22H40O2. The van der Waals surface area contributed by atoms with Crippen LogP contribution in [0.3, 0.4) is 0 Å². The average molecular weight is 337 g/mol. The average Bonchev–Trinajstić information content (AvgIpc) is 2.58. The number of unbranched alkanes of at least 4 members (excludes halogenated alkanes) is 4. The molecule has 1 aromatic carbocycles. The maximum Gasteiger partial charge on any atom is 0.0822 e. The highest BCUT2D eigenvalue weighted by Crippen LogP contribution is 2.25. The molecular weight excluding hydrogens is 296 g/mol. The Balaban J connectivity index is 0.000000441. The number of rotatable bonds is 11. The van der Waals surface area contributed by atoms with E-state index in [4.69, 9.17) is 9.78 Å². The van der Waals surface area contributed by atoms with Crippen LogP contribution in [0.2, 0.25) is 0 Å². The van der Waals surface area contributed by atoms with Crippen LogP contribution in [0.25, 0.3) is 0 Å². The fraction of sp³-hybridized carbons (Fsp3) is 0.727. The molecule has 0 bridgehead atoms. The standard InChI is InChI=1S/C12H18.C10H22O2/c1-9(2)11-7-5-6-8-12(11)10(3)4;1-3-5-7-9-11-12-10-8-6-4-2/h5-10H,1-4H3;3-10H2,1-2H3. The number of benzene rings is 1. The first-order valence-corrected chi connectivity index (χ1v) is 9.87. The lowest BCUT2D eigenvalue weighted by atomic mass is 9.91. The van der Waals surface area contributed by atoms with E-state index in [0.29, 0.717) is 11.8 Å². The summed E-state index contributed by atoms with van der Waals surface area (Å²) in [5, 5.41) is 0. The van der Waals surface area contributed by atoms with E-state index in [0.717, 1.165) is 26.1 Å². The molecule has 0 heterocycles. The van der Waals surface area contributed by atoms with E-state index in [1.54, 1.807) is 0 Å². The van der Waals surface area contributed by atoms with Crippen LogP contribution in [0.1, 0.15) is 103 Å². The minimum atomic E-state index is 0.642. The predicted molar refractivity (Wildman–Crippen MR) is 106 cm³/mol. The first-order chi connectivity index (χ1) is 11.5. The van der Waals surface area contributed by atoms with E-state index < -0.39 is 0 Å². The van der Waals surface area contributed by atoms with E-state index in [2.05, 4.69) is 65.8 Å². The van der Waals surface area contributed by atoms with Gasteiger partial charge in [0.25, 0.3) is 0 Å². The first-order valence-electron chi connectivity index (χ1n) is 9.87. The van der Waals surface area contributed by atoms with Gasteiger partial charge in [-0.25, -0.2) is 9.78 Å². The van der Waals surface area contributed by atoms with Crippen LogP contribution in [-0.4, -0.2) is 13.2 Å². The molecule has 2 nitrogen and oxygen atoms in total. The predicted octanol–water partition coefficient (Wildman–Crippen LogP) is 7.25. The van der Waals surface area contributed by atoms with Crippen molar-refractivity contribution in [1.29, 1.82) is 0 Å². The molecule has 140 valence electrons. The zero-order valence-electron chi connectivity index (χ0n) is 16.9. The molecule has 0 aliphatic rings. The Bertz CT molecular complexity index is 348. The molecule has 0 N–H and O–H groups in total. The summed E-state index contributed by atoms with van der Waals surface area (Å²) in [5.74, 6) is 1.28. The van der Waals surface area contributed by atoms with E-state index in [1.165, 1.54) is 36.8 Å². The summed E-state index contributed by atoms with van der Waals surface area (Å²) in [6, 6.07) is 8.72. The molecule has 0 radical (unpaired) electrons. The van der Waals surface area contributed by atoms with Crippen LogP contribution in [0.15, 0.2) is 24.3 Å². The molecule has 0 saturated carbocycles. The van der Waals surface area contributed by atoms with Crippen molar-refractivity contribution in [2.24, 2.45) is 0 Å². The lowest BCUT2D eigenvalue weighted by molar-refractivity contribution is -0.295. The van der Waals surface area contributed by atoms with Crippen LogP contribution in [0, 0.1) is 0 Å². The van der Waals surface area contributed by atoms with Crippen LogP contribution in [0.5, 0.6) is 0 Å². The fourth-order valence-electron chi connectivity index (χ4n) is 2.50. The van der Waals surface area contributed by atoms with Gasteiger partial charge in [-0.05, 0) is 35.8 Å². The minimum Gasteiger partial charge on any atom is -0.237 e. The molecule has 0 saturated heterocycles. The van der Waals surface area contributed by atoms with E-state index >= 15 is 0 Å². The van der Waals surface area contributed by atoms with Crippen molar-refractivity contribution >= 4 is 0 Å². The minimum absolute atomic E-state index is 0.642. The van der Waals surface area contributed by atoms with Gasteiger partial charge in [0.05, 0.1) is 13.2 Å². The van der Waals surface area contributed by atoms with Crippen molar-refractivity contribution < 1.29 is 9.78 Å². The van der Waals surface area contributed by atoms with Gasteiger partial charge in [0.2, 0.25) is 0 Å². The normalized spacial score (nSPS) is 10.8. The zero-order valence-corrected chi connectivity index (χ0v) is 16.9. The van der Waals surface area contributed by atoms with Crippen molar-refractivity contribution in [2.75, 3.05) is 13.2 Å².